The molecule has 1 aliphatic rings. The van der Waals surface area contributed by atoms with Gasteiger partial charge in [-0.25, -0.2) is 0 Å². The van der Waals surface area contributed by atoms with Crippen molar-refractivity contribution in [2.24, 2.45) is 0 Å². The Labute approximate surface area is 160 Å². The number of amides is 1. The Morgan fingerprint density at radius 1 is 1.11 bits per heavy atom. The van der Waals surface area contributed by atoms with E-state index in [4.69, 9.17) is 9.47 Å². The summed E-state index contributed by atoms with van der Waals surface area (Å²) in [5.41, 5.74) is 3.72. The van der Waals surface area contributed by atoms with Gasteiger partial charge in [-0.2, -0.15) is 0 Å². The van der Waals surface area contributed by atoms with Crippen molar-refractivity contribution in [1.82, 2.24) is 10.2 Å². The molecule has 2 aromatic carbocycles. The molecule has 2 aromatic rings. The lowest BCUT2D eigenvalue weighted by atomic mass is 10.00. The molecule has 0 aliphatic carbocycles. The highest BCUT2D eigenvalue weighted by Gasteiger charge is 2.15. The summed E-state index contributed by atoms with van der Waals surface area (Å²) >= 11 is 0. The van der Waals surface area contributed by atoms with Crippen LogP contribution in [-0.2, 0) is 17.8 Å². The van der Waals surface area contributed by atoms with Crippen LogP contribution in [0, 0.1) is 0 Å². The van der Waals surface area contributed by atoms with Crippen LogP contribution in [-0.4, -0.2) is 44.7 Å². The van der Waals surface area contributed by atoms with Crippen molar-refractivity contribution in [3.05, 3.63) is 65.2 Å². The lowest BCUT2D eigenvalue weighted by Gasteiger charge is -2.28. The van der Waals surface area contributed by atoms with Gasteiger partial charge in [-0.1, -0.05) is 30.3 Å². The molecule has 0 saturated carbocycles. The van der Waals surface area contributed by atoms with Gasteiger partial charge >= 0.3 is 0 Å². The molecular weight excluding hydrogens is 340 g/mol. The van der Waals surface area contributed by atoms with Gasteiger partial charge in [0.25, 0.3) is 0 Å². The van der Waals surface area contributed by atoms with Crippen molar-refractivity contribution in [3.63, 3.8) is 0 Å². The fraction of sp³-hybridized carbons (Fsp3) is 0.318. The van der Waals surface area contributed by atoms with E-state index in [-0.39, 0.29) is 5.91 Å². The maximum absolute atomic E-state index is 12.1. The Hall–Kier alpha value is -2.79. The van der Waals surface area contributed by atoms with Crippen LogP contribution >= 0.6 is 0 Å². The van der Waals surface area contributed by atoms with E-state index in [0.717, 1.165) is 31.6 Å². The molecule has 142 valence electrons. The smallest absolute Gasteiger partial charge is 0.244 e. The largest absolute Gasteiger partial charge is 0.493 e. The Morgan fingerprint density at radius 2 is 1.89 bits per heavy atom. The number of benzene rings is 2. The maximum Gasteiger partial charge on any atom is 0.244 e. The summed E-state index contributed by atoms with van der Waals surface area (Å²) in [7, 11) is 3.19. The minimum atomic E-state index is -0.0952. The van der Waals surface area contributed by atoms with Gasteiger partial charge in [-0.3, -0.25) is 9.69 Å². The van der Waals surface area contributed by atoms with E-state index in [1.54, 1.807) is 26.4 Å². The predicted molar refractivity (Wildman–Crippen MR) is 107 cm³/mol. The molecule has 0 aromatic heterocycles. The molecule has 0 bridgehead atoms. The van der Waals surface area contributed by atoms with Crippen molar-refractivity contribution in [2.75, 3.05) is 33.9 Å². The van der Waals surface area contributed by atoms with Crippen LogP contribution < -0.4 is 14.8 Å². The van der Waals surface area contributed by atoms with Crippen LogP contribution in [0.25, 0.3) is 6.08 Å². The van der Waals surface area contributed by atoms with E-state index in [1.807, 2.05) is 18.2 Å². The number of fused-ring (bicyclic) bond motifs is 1. The topological polar surface area (TPSA) is 50.8 Å². The molecule has 1 N–H and O–H groups in total. The molecule has 5 heteroatoms. The molecule has 0 radical (unpaired) electrons. The standard InChI is InChI=1S/C22H26N2O3/c1-26-20-9-7-17(15-21(20)27-2)8-10-22(25)23-12-14-24-13-11-18-5-3-4-6-19(18)16-24/h3-10,15H,11-14,16H2,1-2H3,(H,23,25). The van der Waals surface area contributed by atoms with Gasteiger partial charge in [0.1, 0.15) is 0 Å². The zero-order valence-electron chi connectivity index (χ0n) is 15.9. The first-order valence-electron chi connectivity index (χ1n) is 9.16. The summed E-state index contributed by atoms with van der Waals surface area (Å²) in [6, 6.07) is 14.1. The predicted octanol–water partition coefficient (Wildman–Crippen LogP) is 2.89. The fourth-order valence-corrected chi connectivity index (χ4v) is 3.27. The number of nitrogens with zero attached hydrogens (tertiary/aromatic N) is 1. The summed E-state index contributed by atoms with van der Waals surface area (Å²) in [5.74, 6) is 1.22. The van der Waals surface area contributed by atoms with Gasteiger partial charge in [0, 0.05) is 32.3 Å². The molecule has 1 amide bonds. The second kappa shape index (κ2) is 9.24. The molecule has 27 heavy (non-hydrogen) atoms. The Bertz CT molecular complexity index is 817. The first kappa shape index (κ1) is 19.0. The number of carbonyl (C=O) groups excluding carboxylic acids is 1. The van der Waals surface area contributed by atoms with Gasteiger partial charge < -0.3 is 14.8 Å². The number of rotatable bonds is 7. The van der Waals surface area contributed by atoms with Gasteiger partial charge in [0.15, 0.2) is 11.5 Å². The minimum Gasteiger partial charge on any atom is -0.493 e. The monoisotopic (exact) mass is 366 g/mol. The van der Waals surface area contributed by atoms with Crippen LogP contribution in [0.5, 0.6) is 11.5 Å². The van der Waals surface area contributed by atoms with E-state index in [1.165, 1.54) is 11.1 Å². The molecule has 3 rings (SSSR count). The van der Waals surface area contributed by atoms with Crippen LogP contribution in [0.3, 0.4) is 0 Å². The van der Waals surface area contributed by atoms with Crippen molar-refractivity contribution >= 4 is 12.0 Å². The van der Waals surface area contributed by atoms with Gasteiger partial charge in [0.05, 0.1) is 14.2 Å². The highest BCUT2D eigenvalue weighted by Crippen LogP contribution is 2.27. The number of carbonyl (C=O) groups is 1. The second-order valence-electron chi connectivity index (χ2n) is 6.53. The number of methoxy groups -OCH3 is 2. The molecular formula is C22H26N2O3. The van der Waals surface area contributed by atoms with Crippen molar-refractivity contribution < 1.29 is 14.3 Å². The third kappa shape index (κ3) is 5.11. The third-order valence-corrected chi connectivity index (χ3v) is 4.77. The Balaban J connectivity index is 1.45. The highest BCUT2D eigenvalue weighted by molar-refractivity contribution is 5.91. The molecule has 0 saturated heterocycles. The Morgan fingerprint density at radius 3 is 2.67 bits per heavy atom. The van der Waals surface area contributed by atoms with E-state index in [9.17, 15) is 4.79 Å². The van der Waals surface area contributed by atoms with Gasteiger partial charge in [0.2, 0.25) is 5.91 Å². The van der Waals surface area contributed by atoms with E-state index < -0.39 is 0 Å². The van der Waals surface area contributed by atoms with Gasteiger partial charge in [-0.05, 0) is 41.3 Å². The van der Waals surface area contributed by atoms with Crippen molar-refractivity contribution in [1.29, 1.82) is 0 Å². The average molecular weight is 366 g/mol. The van der Waals surface area contributed by atoms with Crippen LogP contribution in [0.1, 0.15) is 16.7 Å². The zero-order chi connectivity index (χ0) is 19.1. The van der Waals surface area contributed by atoms with E-state index >= 15 is 0 Å². The molecule has 0 unspecified atom stereocenters. The summed E-state index contributed by atoms with van der Waals surface area (Å²) < 4.78 is 10.5. The van der Waals surface area contributed by atoms with Gasteiger partial charge in [-0.15, -0.1) is 0 Å². The molecule has 0 atom stereocenters. The molecule has 1 heterocycles. The first-order valence-corrected chi connectivity index (χ1v) is 9.16. The lowest BCUT2D eigenvalue weighted by Crippen LogP contribution is -2.37. The van der Waals surface area contributed by atoms with Crippen molar-refractivity contribution in [2.45, 2.75) is 13.0 Å². The molecule has 1 aliphatic heterocycles. The molecule has 0 fully saturated rings. The average Bonchev–Trinajstić information content (AvgIpc) is 2.72. The van der Waals surface area contributed by atoms with Crippen LogP contribution in [0.2, 0.25) is 0 Å². The van der Waals surface area contributed by atoms with E-state index in [0.29, 0.717) is 18.0 Å². The zero-order valence-corrected chi connectivity index (χ0v) is 15.9. The number of hydrogen-bond donors (Lipinski definition) is 1. The maximum atomic E-state index is 12.1. The van der Waals surface area contributed by atoms with Crippen LogP contribution in [0.4, 0.5) is 0 Å². The second-order valence-corrected chi connectivity index (χ2v) is 6.53. The van der Waals surface area contributed by atoms with E-state index in [2.05, 4.69) is 34.5 Å². The first-order chi connectivity index (χ1) is 13.2. The van der Waals surface area contributed by atoms with Crippen LogP contribution in [0.15, 0.2) is 48.5 Å². The third-order valence-electron chi connectivity index (χ3n) is 4.77. The summed E-state index contributed by atoms with van der Waals surface area (Å²) in [5, 5.41) is 2.95. The normalized spacial score (nSPS) is 14.0. The summed E-state index contributed by atoms with van der Waals surface area (Å²) in [6.45, 7) is 3.48. The Kier molecular flexibility index (Phi) is 6.49. The number of ether oxygens (including phenoxy) is 2. The summed E-state index contributed by atoms with van der Waals surface area (Å²) in [4.78, 5) is 14.4. The quantitative estimate of drug-likeness (QED) is 0.766. The minimum absolute atomic E-state index is 0.0952. The van der Waals surface area contributed by atoms with Crippen molar-refractivity contribution in [3.8, 4) is 11.5 Å². The summed E-state index contributed by atoms with van der Waals surface area (Å²) in [6.07, 6.45) is 4.39. The SMILES string of the molecule is COc1ccc(C=CC(=O)NCCN2CCc3ccccc3C2)cc1OC. The number of nitrogens with one attached hydrogen (secondary N) is 1. The number of hydrogen-bond acceptors (Lipinski definition) is 4. The fourth-order valence-electron chi connectivity index (χ4n) is 3.27. The lowest BCUT2D eigenvalue weighted by molar-refractivity contribution is -0.116. The molecule has 5 nitrogen and oxygen atoms in total. The highest BCUT2D eigenvalue weighted by atomic mass is 16.5. The molecule has 0 spiro atoms.